The zero-order valence-corrected chi connectivity index (χ0v) is 12.8. The maximum atomic E-state index is 10.9. The van der Waals surface area contributed by atoms with Crippen molar-refractivity contribution in [3.05, 3.63) is 54.0 Å². The molecule has 22 heavy (non-hydrogen) atoms. The third kappa shape index (κ3) is 6.11. The Labute approximate surface area is 130 Å². The van der Waals surface area contributed by atoms with Crippen molar-refractivity contribution in [1.82, 2.24) is 5.32 Å². The van der Waals surface area contributed by atoms with Gasteiger partial charge in [-0.15, -0.1) is 0 Å². The van der Waals surface area contributed by atoms with Crippen LogP contribution in [0.4, 0.5) is 5.69 Å². The molecule has 0 radical (unpaired) electrons. The summed E-state index contributed by atoms with van der Waals surface area (Å²) in [5, 5.41) is 6.12. The van der Waals surface area contributed by atoms with Gasteiger partial charge in [-0.2, -0.15) is 0 Å². The van der Waals surface area contributed by atoms with Gasteiger partial charge >= 0.3 is 0 Å². The molecule has 0 aliphatic heterocycles. The van der Waals surface area contributed by atoms with Crippen LogP contribution in [0.15, 0.2) is 47.1 Å². The maximum Gasteiger partial charge on any atom is 0.221 e. The van der Waals surface area contributed by atoms with E-state index in [4.69, 9.17) is 9.15 Å². The van der Waals surface area contributed by atoms with Crippen molar-refractivity contribution in [2.45, 2.75) is 26.5 Å². The van der Waals surface area contributed by atoms with Crippen molar-refractivity contribution < 1.29 is 13.9 Å². The van der Waals surface area contributed by atoms with E-state index in [0.717, 1.165) is 31.0 Å². The number of carbonyl (C=O) groups excluding carboxylic acids is 1. The molecule has 5 nitrogen and oxygen atoms in total. The molecule has 118 valence electrons. The molecular formula is C17H22N2O3. The lowest BCUT2D eigenvalue weighted by molar-refractivity contribution is -0.114. The number of rotatable bonds is 9. The van der Waals surface area contributed by atoms with Crippen LogP contribution in [-0.4, -0.2) is 19.1 Å². The van der Waals surface area contributed by atoms with Crippen molar-refractivity contribution in [2.24, 2.45) is 0 Å². The van der Waals surface area contributed by atoms with E-state index in [0.29, 0.717) is 13.2 Å². The van der Waals surface area contributed by atoms with Crippen LogP contribution < -0.4 is 10.6 Å². The van der Waals surface area contributed by atoms with Gasteiger partial charge in [0.1, 0.15) is 12.4 Å². The Morgan fingerprint density at radius 3 is 2.73 bits per heavy atom. The van der Waals surface area contributed by atoms with Crippen molar-refractivity contribution in [1.29, 1.82) is 0 Å². The number of benzene rings is 1. The zero-order valence-electron chi connectivity index (χ0n) is 12.8. The summed E-state index contributed by atoms with van der Waals surface area (Å²) in [4.78, 5) is 10.9. The summed E-state index contributed by atoms with van der Waals surface area (Å²) < 4.78 is 10.7. The summed E-state index contributed by atoms with van der Waals surface area (Å²) in [5.41, 5.74) is 2.01. The van der Waals surface area contributed by atoms with Gasteiger partial charge in [0.25, 0.3) is 0 Å². The average molecular weight is 302 g/mol. The third-order valence-electron chi connectivity index (χ3n) is 3.07. The predicted molar refractivity (Wildman–Crippen MR) is 85.4 cm³/mol. The second-order valence-electron chi connectivity index (χ2n) is 5.04. The molecule has 0 saturated carbocycles. The molecule has 2 N–H and O–H groups in total. The SMILES string of the molecule is CC(=O)Nc1ccc(CNCCCOCc2ccco2)cc1. The molecule has 5 heteroatoms. The molecule has 1 aromatic carbocycles. The van der Waals surface area contributed by atoms with Crippen LogP contribution in [-0.2, 0) is 22.7 Å². The van der Waals surface area contributed by atoms with Crippen LogP contribution in [0.1, 0.15) is 24.7 Å². The van der Waals surface area contributed by atoms with Gasteiger partial charge in [0.15, 0.2) is 0 Å². The molecule has 0 bridgehead atoms. The largest absolute Gasteiger partial charge is 0.467 e. The number of hydrogen-bond acceptors (Lipinski definition) is 4. The second kappa shape index (κ2) is 9.02. The number of anilines is 1. The van der Waals surface area contributed by atoms with E-state index in [1.165, 1.54) is 12.5 Å². The highest BCUT2D eigenvalue weighted by Gasteiger charge is 1.98. The minimum absolute atomic E-state index is 0.0552. The predicted octanol–water partition coefficient (Wildman–Crippen LogP) is 2.93. The molecule has 0 aliphatic rings. The van der Waals surface area contributed by atoms with Gasteiger partial charge in [0.05, 0.1) is 6.26 Å². The summed E-state index contributed by atoms with van der Waals surface area (Å²) in [6, 6.07) is 11.6. The van der Waals surface area contributed by atoms with E-state index in [2.05, 4.69) is 10.6 Å². The molecule has 1 amide bonds. The Morgan fingerprint density at radius 2 is 2.05 bits per heavy atom. The quantitative estimate of drug-likeness (QED) is 0.699. The number of furan rings is 1. The Hall–Kier alpha value is -2.11. The lowest BCUT2D eigenvalue weighted by Crippen LogP contribution is -2.16. The molecule has 2 aromatic rings. The topological polar surface area (TPSA) is 63.5 Å². The van der Waals surface area contributed by atoms with Crippen LogP contribution in [0.3, 0.4) is 0 Å². The highest BCUT2D eigenvalue weighted by atomic mass is 16.5. The van der Waals surface area contributed by atoms with Crippen molar-refractivity contribution in [3.63, 3.8) is 0 Å². The van der Waals surface area contributed by atoms with E-state index in [1.807, 2.05) is 36.4 Å². The summed E-state index contributed by atoms with van der Waals surface area (Å²) in [6.07, 6.45) is 2.60. The molecule has 1 aromatic heterocycles. The third-order valence-corrected chi connectivity index (χ3v) is 3.07. The van der Waals surface area contributed by atoms with Crippen LogP contribution in [0.25, 0.3) is 0 Å². The normalized spacial score (nSPS) is 10.6. The number of hydrogen-bond donors (Lipinski definition) is 2. The molecule has 0 aliphatic carbocycles. The van der Waals surface area contributed by atoms with E-state index >= 15 is 0 Å². The van der Waals surface area contributed by atoms with E-state index in [-0.39, 0.29) is 5.91 Å². The molecule has 2 rings (SSSR count). The van der Waals surface area contributed by atoms with Gasteiger partial charge in [0, 0.05) is 25.8 Å². The Morgan fingerprint density at radius 1 is 1.23 bits per heavy atom. The molecule has 0 spiro atoms. The smallest absolute Gasteiger partial charge is 0.221 e. The molecular weight excluding hydrogens is 280 g/mol. The average Bonchev–Trinajstić information content (AvgIpc) is 3.01. The van der Waals surface area contributed by atoms with Gasteiger partial charge in [-0.05, 0) is 42.8 Å². The maximum absolute atomic E-state index is 10.9. The first kappa shape index (κ1) is 16.3. The fourth-order valence-electron chi connectivity index (χ4n) is 2.01. The summed E-state index contributed by atoms with van der Waals surface area (Å²) >= 11 is 0. The summed E-state index contributed by atoms with van der Waals surface area (Å²) in [5.74, 6) is 0.799. The molecule has 0 fully saturated rings. The van der Waals surface area contributed by atoms with Crippen LogP contribution in [0.5, 0.6) is 0 Å². The number of amides is 1. The van der Waals surface area contributed by atoms with Gasteiger partial charge in [-0.1, -0.05) is 12.1 Å². The Bertz CT molecular complexity index is 550. The van der Waals surface area contributed by atoms with Gasteiger partial charge < -0.3 is 19.8 Å². The van der Waals surface area contributed by atoms with Crippen LogP contribution >= 0.6 is 0 Å². The summed E-state index contributed by atoms with van der Waals surface area (Å²) in [6.45, 7) is 4.43. The fraction of sp³-hybridized carbons (Fsp3) is 0.353. The van der Waals surface area contributed by atoms with Gasteiger partial charge in [0.2, 0.25) is 5.91 Å². The fourth-order valence-corrected chi connectivity index (χ4v) is 2.01. The van der Waals surface area contributed by atoms with Crippen molar-refractivity contribution in [2.75, 3.05) is 18.5 Å². The van der Waals surface area contributed by atoms with Gasteiger partial charge in [-0.25, -0.2) is 0 Å². The Balaban J connectivity index is 1.53. The van der Waals surface area contributed by atoms with E-state index in [9.17, 15) is 4.79 Å². The van der Waals surface area contributed by atoms with Crippen LogP contribution in [0, 0.1) is 0 Å². The van der Waals surface area contributed by atoms with E-state index in [1.54, 1.807) is 6.26 Å². The van der Waals surface area contributed by atoms with Crippen LogP contribution in [0.2, 0.25) is 0 Å². The molecule has 0 atom stereocenters. The molecule has 0 unspecified atom stereocenters. The molecule has 0 saturated heterocycles. The zero-order chi connectivity index (χ0) is 15.6. The van der Waals surface area contributed by atoms with Crippen molar-refractivity contribution in [3.8, 4) is 0 Å². The monoisotopic (exact) mass is 302 g/mol. The first-order valence-corrected chi connectivity index (χ1v) is 7.41. The number of carbonyl (C=O) groups is 1. The highest BCUT2D eigenvalue weighted by Crippen LogP contribution is 2.09. The first-order valence-electron chi connectivity index (χ1n) is 7.41. The minimum Gasteiger partial charge on any atom is -0.467 e. The molecule has 1 heterocycles. The standard InChI is InChI=1S/C17H22N2O3/c1-14(20)19-16-7-5-15(6-8-16)12-18-9-3-10-21-13-17-4-2-11-22-17/h2,4-8,11,18H,3,9-10,12-13H2,1H3,(H,19,20). The van der Waals surface area contributed by atoms with Gasteiger partial charge in [-0.3, -0.25) is 4.79 Å². The van der Waals surface area contributed by atoms with E-state index < -0.39 is 0 Å². The minimum atomic E-state index is -0.0552. The highest BCUT2D eigenvalue weighted by molar-refractivity contribution is 5.88. The number of ether oxygens (including phenoxy) is 1. The summed E-state index contributed by atoms with van der Waals surface area (Å²) in [7, 11) is 0. The number of nitrogens with one attached hydrogen (secondary N) is 2. The first-order chi connectivity index (χ1) is 10.7. The second-order valence-corrected chi connectivity index (χ2v) is 5.04. The lowest BCUT2D eigenvalue weighted by atomic mass is 10.2. The lowest BCUT2D eigenvalue weighted by Gasteiger charge is -2.07. The Kier molecular flexibility index (Phi) is 6.67. The van der Waals surface area contributed by atoms with Crippen molar-refractivity contribution >= 4 is 11.6 Å².